The molecule has 0 fully saturated rings. The van der Waals surface area contributed by atoms with Gasteiger partial charge in [0.1, 0.15) is 0 Å². The predicted molar refractivity (Wildman–Crippen MR) is 152 cm³/mol. The van der Waals surface area contributed by atoms with Crippen LogP contribution in [-0.2, 0) is 27.2 Å². The zero-order valence-corrected chi connectivity index (χ0v) is 22.6. The molecule has 0 saturated carbocycles. The van der Waals surface area contributed by atoms with E-state index in [1.807, 2.05) is 48.7 Å². The van der Waals surface area contributed by atoms with Gasteiger partial charge in [-0.05, 0) is 78.8 Å². The van der Waals surface area contributed by atoms with Crippen LogP contribution in [0.1, 0.15) is 59.7 Å². The molecule has 0 saturated heterocycles. The minimum Gasteiger partial charge on any atom is -0.478 e. The monoisotopic (exact) mass is 534 g/mol. The highest BCUT2D eigenvalue weighted by atomic mass is 32.2. The quantitative estimate of drug-likeness (QED) is 0.336. The van der Waals surface area contributed by atoms with E-state index in [1.54, 1.807) is 12.1 Å². The molecule has 0 radical (unpaired) electrons. The molecule has 3 rings (SSSR count). The van der Waals surface area contributed by atoms with Gasteiger partial charge < -0.3 is 10.4 Å². The highest BCUT2D eigenvalue weighted by Crippen LogP contribution is 2.28. The van der Waals surface area contributed by atoms with Crippen molar-refractivity contribution in [2.24, 2.45) is 0 Å². The van der Waals surface area contributed by atoms with Crippen LogP contribution < -0.4 is 5.32 Å². The molecule has 1 unspecified atom stereocenters. The topological polar surface area (TPSA) is 104 Å². The highest BCUT2D eigenvalue weighted by molar-refractivity contribution is 7.99. The van der Waals surface area contributed by atoms with Gasteiger partial charge in [0, 0.05) is 18.7 Å². The molecule has 38 heavy (non-hydrogen) atoms. The van der Waals surface area contributed by atoms with Crippen molar-refractivity contribution in [2.75, 3.05) is 18.1 Å². The average molecular weight is 535 g/mol. The number of carbonyl (C=O) groups is 4. The lowest BCUT2D eigenvalue weighted by Gasteiger charge is -2.21. The number of rotatable bonds is 13. The molecule has 0 aromatic heterocycles. The summed E-state index contributed by atoms with van der Waals surface area (Å²) in [5.74, 6) is -1.57. The van der Waals surface area contributed by atoms with Crippen LogP contribution in [0.3, 0.4) is 0 Å². The largest absolute Gasteiger partial charge is 0.478 e. The standard InChI is InChI=1S/C30H34N2O5S/c1-3-21-11-13-22(14-12-21)18-27(38-2)29(35)32(20-33)17-7-10-28(34)31-24-15-16-25(30(36)37)26(19-24)23-8-5-4-6-9-23/h5,8-9,11-16,19-20,27H,3-4,6-7,10,17-18H2,1-2H3,(H,31,34)(H,36,37). The minimum absolute atomic E-state index is 0.110. The van der Waals surface area contributed by atoms with Crippen LogP contribution in [0, 0.1) is 0 Å². The summed E-state index contributed by atoms with van der Waals surface area (Å²) in [5.41, 5.74) is 4.30. The second-order valence-electron chi connectivity index (χ2n) is 9.09. The van der Waals surface area contributed by atoms with Crippen molar-refractivity contribution in [3.8, 4) is 0 Å². The van der Waals surface area contributed by atoms with Crippen molar-refractivity contribution < 1.29 is 24.3 Å². The van der Waals surface area contributed by atoms with Gasteiger partial charge in [0.2, 0.25) is 18.2 Å². The molecule has 0 aliphatic heterocycles. The number of carbonyl (C=O) groups excluding carboxylic acids is 3. The number of hydrogen-bond acceptors (Lipinski definition) is 5. The molecule has 200 valence electrons. The fraction of sp³-hybridized carbons (Fsp3) is 0.333. The fourth-order valence-electron chi connectivity index (χ4n) is 4.29. The van der Waals surface area contributed by atoms with E-state index in [2.05, 4.69) is 12.2 Å². The molecule has 1 aliphatic carbocycles. The maximum absolute atomic E-state index is 13.0. The van der Waals surface area contributed by atoms with Gasteiger partial charge in [-0.1, -0.05) is 49.4 Å². The number of aryl methyl sites for hydroxylation is 1. The number of allylic oxidation sites excluding steroid dienone is 4. The van der Waals surface area contributed by atoms with E-state index in [0.29, 0.717) is 30.5 Å². The number of carboxylic acids is 1. The molecular formula is C30H34N2O5S. The Balaban J connectivity index is 1.56. The summed E-state index contributed by atoms with van der Waals surface area (Å²) in [7, 11) is 0. The van der Waals surface area contributed by atoms with Crippen molar-refractivity contribution in [1.29, 1.82) is 0 Å². The van der Waals surface area contributed by atoms with E-state index in [0.717, 1.165) is 35.3 Å². The number of carboxylic acid groups (broad SMARTS) is 1. The van der Waals surface area contributed by atoms with Crippen molar-refractivity contribution in [3.05, 3.63) is 82.9 Å². The van der Waals surface area contributed by atoms with Crippen LogP contribution in [0.15, 0.2) is 60.7 Å². The van der Waals surface area contributed by atoms with Crippen molar-refractivity contribution in [1.82, 2.24) is 4.90 Å². The van der Waals surface area contributed by atoms with E-state index >= 15 is 0 Å². The number of nitrogens with zero attached hydrogens (tertiary/aromatic N) is 1. The third-order valence-corrected chi connectivity index (χ3v) is 7.40. The van der Waals surface area contributed by atoms with Crippen LogP contribution in [0.25, 0.3) is 5.57 Å². The summed E-state index contributed by atoms with van der Waals surface area (Å²) in [5, 5.41) is 12.0. The molecule has 0 bridgehead atoms. The summed E-state index contributed by atoms with van der Waals surface area (Å²) in [6, 6.07) is 12.8. The number of imide groups is 1. The number of thioether (sulfide) groups is 1. The van der Waals surface area contributed by atoms with Crippen molar-refractivity contribution >= 4 is 47.2 Å². The van der Waals surface area contributed by atoms with E-state index in [4.69, 9.17) is 0 Å². The summed E-state index contributed by atoms with van der Waals surface area (Å²) < 4.78 is 0. The molecule has 0 spiro atoms. The van der Waals surface area contributed by atoms with Crippen LogP contribution in [0.4, 0.5) is 5.69 Å². The van der Waals surface area contributed by atoms with Crippen molar-refractivity contribution in [3.63, 3.8) is 0 Å². The number of amides is 3. The van der Waals surface area contributed by atoms with E-state index in [9.17, 15) is 24.3 Å². The first kappa shape index (κ1) is 28.9. The molecule has 2 N–H and O–H groups in total. The molecular weight excluding hydrogens is 500 g/mol. The van der Waals surface area contributed by atoms with Crippen LogP contribution in [0.5, 0.6) is 0 Å². The molecule has 0 heterocycles. The summed E-state index contributed by atoms with van der Waals surface area (Å²) in [6.07, 6.45) is 11.9. The second kappa shape index (κ2) is 14.3. The minimum atomic E-state index is -1.03. The Kier molecular flexibility index (Phi) is 10.9. The van der Waals surface area contributed by atoms with E-state index in [-0.39, 0.29) is 30.3 Å². The third-order valence-electron chi connectivity index (χ3n) is 6.47. The Bertz CT molecular complexity index is 1220. The number of nitrogens with one attached hydrogen (secondary N) is 1. The molecule has 3 amide bonds. The second-order valence-corrected chi connectivity index (χ2v) is 10.1. The van der Waals surface area contributed by atoms with Gasteiger partial charge in [-0.3, -0.25) is 19.3 Å². The maximum Gasteiger partial charge on any atom is 0.336 e. The Hall–Kier alpha value is -3.65. The summed E-state index contributed by atoms with van der Waals surface area (Å²) in [6.45, 7) is 2.23. The Morgan fingerprint density at radius 2 is 1.84 bits per heavy atom. The Morgan fingerprint density at radius 1 is 1.11 bits per heavy atom. The number of hydrogen-bond donors (Lipinski definition) is 2. The molecule has 8 heteroatoms. The first-order valence-corrected chi connectivity index (χ1v) is 14.1. The van der Waals surface area contributed by atoms with Gasteiger partial charge in [-0.2, -0.15) is 11.8 Å². The van der Waals surface area contributed by atoms with Crippen molar-refractivity contribution in [2.45, 2.75) is 50.7 Å². The van der Waals surface area contributed by atoms with Gasteiger partial charge in [-0.25, -0.2) is 4.79 Å². The van der Waals surface area contributed by atoms with Crippen LogP contribution >= 0.6 is 11.8 Å². The third kappa shape index (κ3) is 7.92. The first-order chi connectivity index (χ1) is 18.4. The first-order valence-electron chi connectivity index (χ1n) is 12.8. The predicted octanol–water partition coefficient (Wildman–Crippen LogP) is 5.36. The zero-order valence-electron chi connectivity index (χ0n) is 21.8. The Morgan fingerprint density at radius 3 is 2.45 bits per heavy atom. The molecule has 7 nitrogen and oxygen atoms in total. The lowest BCUT2D eigenvalue weighted by molar-refractivity contribution is -0.138. The maximum atomic E-state index is 13.0. The van der Waals surface area contributed by atoms with Gasteiger partial charge >= 0.3 is 5.97 Å². The molecule has 2 aromatic rings. The number of aromatic carboxylic acids is 1. The fourth-order valence-corrected chi connectivity index (χ4v) is 4.99. The normalized spacial score (nSPS) is 13.4. The lowest BCUT2D eigenvalue weighted by atomic mass is 9.94. The molecule has 1 atom stereocenters. The average Bonchev–Trinajstić information content (AvgIpc) is 2.94. The summed E-state index contributed by atoms with van der Waals surface area (Å²) >= 11 is 1.40. The smallest absolute Gasteiger partial charge is 0.336 e. The lowest BCUT2D eigenvalue weighted by Crippen LogP contribution is -2.38. The van der Waals surface area contributed by atoms with Gasteiger partial charge in [-0.15, -0.1) is 0 Å². The van der Waals surface area contributed by atoms with E-state index in [1.165, 1.54) is 23.4 Å². The summed E-state index contributed by atoms with van der Waals surface area (Å²) in [4.78, 5) is 50.1. The Labute approximate surface area is 228 Å². The highest BCUT2D eigenvalue weighted by Gasteiger charge is 2.24. The number of anilines is 1. The van der Waals surface area contributed by atoms with Gasteiger partial charge in [0.15, 0.2) is 0 Å². The number of benzene rings is 2. The van der Waals surface area contributed by atoms with Gasteiger partial charge in [0.25, 0.3) is 0 Å². The molecule has 1 aliphatic rings. The molecule has 2 aromatic carbocycles. The SMILES string of the molecule is CCc1ccc(CC(SC)C(=O)N(C=O)CCCC(=O)Nc2ccc(C(=O)O)c(C3=CCCC=C3)c2)cc1. The zero-order chi connectivity index (χ0) is 27.5. The van der Waals surface area contributed by atoms with Crippen LogP contribution in [-0.4, -0.2) is 52.3 Å². The van der Waals surface area contributed by atoms with Gasteiger partial charge in [0.05, 0.1) is 10.8 Å². The van der Waals surface area contributed by atoms with Crippen LogP contribution in [0.2, 0.25) is 0 Å². The van der Waals surface area contributed by atoms with E-state index < -0.39 is 11.2 Å².